The predicted octanol–water partition coefficient (Wildman–Crippen LogP) is 5.02. The van der Waals surface area contributed by atoms with Crippen LogP contribution < -0.4 is 0 Å². The molecule has 0 unspecified atom stereocenters. The molecule has 1 aliphatic carbocycles. The molecule has 1 heteroatoms. The third-order valence-corrected chi connectivity index (χ3v) is 3.11. The van der Waals surface area contributed by atoms with Crippen molar-refractivity contribution in [2.45, 2.75) is 6.42 Å². The number of fused-ring (bicyclic) bond motifs is 3. The SMILES string of the molecule is [C-]1=CC=CC1.[V+2].c1ccc2c(c1)[cH-]c1ccccc12. The van der Waals surface area contributed by atoms with Gasteiger partial charge in [-0.25, -0.2) is 12.2 Å². The molecule has 91 valence electrons. The fourth-order valence-electron chi connectivity index (χ4n) is 2.24. The fourth-order valence-corrected chi connectivity index (χ4v) is 2.24. The second-order valence-corrected chi connectivity index (χ2v) is 4.32. The van der Waals surface area contributed by atoms with Crippen LogP contribution >= 0.6 is 0 Å². The molecular formula is C18H14V. The second-order valence-electron chi connectivity index (χ2n) is 4.32. The molecule has 0 amide bonds. The van der Waals surface area contributed by atoms with Gasteiger partial charge in [-0.1, -0.05) is 36.4 Å². The average Bonchev–Trinajstić information content (AvgIpc) is 3.10. The van der Waals surface area contributed by atoms with Gasteiger partial charge in [-0.05, 0) is 0 Å². The van der Waals surface area contributed by atoms with E-state index >= 15 is 0 Å². The maximum Gasteiger partial charge on any atom is 2.00 e. The summed E-state index contributed by atoms with van der Waals surface area (Å²) in [6.07, 6.45) is 10.0. The Kier molecular flexibility index (Phi) is 4.73. The zero-order chi connectivity index (χ0) is 12.2. The molecule has 4 rings (SSSR count). The molecular weight excluding hydrogens is 267 g/mol. The number of benzene rings is 2. The largest absolute Gasteiger partial charge is 2.00 e. The number of hydrogen-bond acceptors (Lipinski definition) is 0. The van der Waals surface area contributed by atoms with Gasteiger partial charge in [0.15, 0.2) is 0 Å². The van der Waals surface area contributed by atoms with E-state index in [1.807, 2.05) is 12.2 Å². The van der Waals surface area contributed by atoms with E-state index in [2.05, 4.69) is 66.7 Å². The molecule has 3 aromatic carbocycles. The fraction of sp³-hybridized carbons (Fsp3) is 0.0556. The second kappa shape index (κ2) is 6.51. The molecule has 0 saturated carbocycles. The normalized spacial score (nSPS) is 12.2. The Morgan fingerprint density at radius 3 is 1.84 bits per heavy atom. The van der Waals surface area contributed by atoms with Gasteiger partial charge in [-0.3, -0.25) is 6.08 Å². The Hall–Kier alpha value is -1.63. The zero-order valence-corrected chi connectivity index (χ0v) is 12.0. The summed E-state index contributed by atoms with van der Waals surface area (Å²) in [6, 6.07) is 19.3. The van der Waals surface area contributed by atoms with Crippen LogP contribution in [0.5, 0.6) is 0 Å². The molecule has 3 aromatic rings. The van der Waals surface area contributed by atoms with Crippen molar-refractivity contribution in [1.82, 2.24) is 0 Å². The molecule has 0 saturated heterocycles. The Morgan fingerprint density at radius 2 is 1.42 bits per heavy atom. The van der Waals surface area contributed by atoms with Gasteiger partial charge in [-0.2, -0.15) is 6.08 Å². The summed E-state index contributed by atoms with van der Waals surface area (Å²) in [7, 11) is 0. The molecule has 0 fully saturated rings. The van der Waals surface area contributed by atoms with E-state index in [-0.39, 0.29) is 18.6 Å². The summed E-state index contributed by atoms with van der Waals surface area (Å²) in [6.45, 7) is 0. The van der Waals surface area contributed by atoms with Crippen LogP contribution in [0.15, 0.2) is 72.8 Å². The summed E-state index contributed by atoms with van der Waals surface area (Å²) in [4.78, 5) is 0. The van der Waals surface area contributed by atoms with Crippen molar-refractivity contribution in [3.05, 3.63) is 78.9 Å². The summed E-state index contributed by atoms with van der Waals surface area (Å²) >= 11 is 0. The first-order valence-electron chi connectivity index (χ1n) is 6.20. The van der Waals surface area contributed by atoms with Gasteiger partial charge in [0.2, 0.25) is 0 Å². The molecule has 0 aliphatic heterocycles. The minimum atomic E-state index is 0. The van der Waals surface area contributed by atoms with Gasteiger partial charge in [0.05, 0.1) is 0 Å². The van der Waals surface area contributed by atoms with Gasteiger partial charge >= 0.3 is 18.6 Å². The van der Waals surface area contributed by atoms with Crippen LogP contribution in [0.4, 0.5) is 0 Å². The van der Waals surface area contributed by atoms with Crippen LogP contribution in [0.3, 0.4) is 0 Å². The van der Waals surface area contributed by atoms with Crippen LogP contribution in [-0.4, -0.2) is 0 Å². The topological polar surface area (TPSA) is 0 Å². The van der Waals surface area contributed by atoms with E-state index < -0.39 is 0 Å². The molecule has 0 atom stereocenters. The Morgan fingerprint density at radius 1 is 0.842 bits per heavy atom. The van der Waals surface area contributed by atoms with E-state index in [1.165, 1.54) is 21.5 Å². The summed E-state index contributed by atoms with van der Waals surface area (Å²) in [5.74, 6) is 0. The third-order valence-electron chi connectivity index (χ3n) is 3.11. The molecule has 1 radical (unpaired) electrons. The molecule has 0 spiro atoms. The number of hydrogen-bond donors (Lipinski definition) is 0. The van der Waals surface area contributed by atoms with Crippen molar-refractivity contribution in [2.75, 3.05) is 0 Å². The molecule has 0 N–H and O–H groups in total. The van der Waals surface area contributed by atoms with Crippen molar-refractivity contribution in [1.29, 1.82) is 0 Å². The first-order chi connectivity index (χ1) is 8.95. The quantitative estimate of drug-likeness (QED) is 0.508. The summed E-state index contributed by atoms with van der Waals surface area (Å²) in [5, 5.41) is 5.39. The van der Waals surface area contributed by atoms with Gasteiger partial charge in [-0.15, -0.1) is 46.2 Å². The predicted molar refractivity (Wildman–Crippen MR) is 78.6 cm³/mol. The monoisotopic (exact) mass is 281 g/mol. The zero-order valence-electron chi connectivity index (χ0n) is 10.6. The van der Waals surface area contributed by atoms with Crippen molar-refractivity contribution in [3.63, 3.8) is 0 Å². The van der Waals surface area contributed by atoms with Gasteiger partial charge in [0, 0.05) is 0 Å². The van der Waals surface area contributed by atoms with Gasteiger partial charge in [0.1, 0.15) is 0 Å². The van der Waals surface area contributed by atoms with E-state index in [1.54, 1.807) is 0 Å². The van der Waals surface area contributed by atoms with Gasteiger partial charge in [0.25, 0.3) is 0 Å². The van der Waals surface area contributed by atoms with E-state index in [0.29, 0.717) is 0 Å². The number of allylic oxidation sites excluding steroid dienone is 4. The molecule has 0 bridgehead atoms. The van der Waals surface area contributed by atoms with E-state index in [0.717, 1.165) is 6.42 Å². The van der Waals surface area contributed by atoms with E-state index in [9.17, 15) is 0 Å². The van der Waals surface area contributed by atoms with Crippen LogP contribution in [0, 0.1) is 6.08 Å². The Balaban J connectivity index is 0.000000190. The van der Waals surface area contributed by atoms with Crippen molar-refractivity contribution in [2.24, 2.45) is 0 Å². The molecule has 1 aliphatic rings. The standard InChI is InChI=1S/C13H9.C5H5.V/c1-3-7-12-10(5-1)9-11-6-2-4-8-13(11)12;1-2-4-5-3-1;/h1-9H;1-3H,4H2;/q2*-1;+2. The van der Waals surface area contributed by atoms with Crippen molar-refractivity contribution >= 4 is 21.5 Å². The van der Waals surface area contributed by atoms with Crippen molar-refractivity contribution in [3.8, 4) is 0 Å². The maximum absolute atomic E-state index is 2.99. The van der Waals surface area contributed by atoms with Crippen molar-refractivity contribution < 1.29 is 18.6 Å². The molecule has 0 nitrogen and oxygen atoms in total. The number of rotatable bonds is 0. The molecule has 19 heavy (non-hydrogen) atoms. The van der Waals surface area contributed by atoms with Gasteiger partial charge < -0.3 is 0 Å². The smallest absolute Gasteiger partial charge is 0.273 e. The minimum Gasteiger partial charge on any atom is -0.273 e. The Bertz CT molecular complexity index is 656. The van der Waals surface area contributed by atoms with Crippen LogP contribution in [0.1, 0.15) is 6.42 Å². The van der Waals surface area contributed by atoms with Crippen LogP contribution in [-0.2, 0) is 18.6 Å². The first-order valence-corrected chi connectivity index (χ1v) is 6.20. The van der Waals surface area contributed by atoms with Crippen LogP contribution in [0.2, 0.25) is 0 Å². The minimum absolute atomic E-state index is 0. The van der Waals surface area contributed by atoms with E-state index in [4.69, 9.17) is 0 Å². The average molecular weight is 281 g/mol. The Labute approximate surface area is 125 Å². The molecule has 0 heterocycles. The third kappa shape index (κ3) is 3.04. The first kappa shape index (κ1) is 13.8. The summed E-state index contributed by atoms with van der Waals surface area (Å²) in [5.41, 5.74) is 0. The maximum atomic E-state index is 2.99. The summed E-state index contributed by atoms with van der Waals surface area (Å²) < 4.78 is 0. The molecule has 0 aromatic heterocycles. The van der Waals surface area contributed by atoms with Crippen LogP contribution in [0.25, 0.3) is 21.5 Å².